The van der Waals surface area contributed by atoms with E-state index < -0.39 is 0 Å². The molecule has 138 valence electrons. The highest BCUT2D eigenvalue weighted by Crippen LogP contribution is 2.43. The van der Waals surface area contributed by atoms with Crippen molar-refractivity contribution in [1.82, 2.24) is 15.2 Å². The van der Waals surface area contributed by atoms with Gasteiger partial charge in [-0.3, -0.25) is 4.79 Å². The van der Waals surface area contributed by atoms with Crippen LogP contribution >= 0.6 is 11.3 Å². The van der Waals surface area contributed by atoms with E-state index >= 15 is 0 Å². The van der Waals surface area contributed by atoms with Gasteiger partial charge in [0, 0.05) is 31.1 Å². The maximum absolute atomic E-state index is 13.4. The fraction of sp³-hybridized carbons (Fsp3) is 0.333. The fourth-order valence-corrected chi connectivity index (χ4v) is 5.23. The summed E-state index contributed by atoms with van der Waals surface area (Å²) in [5.74, 6) is 1.91. The van der Waals surface area contributed by atoms with Crippen molar-refractivity contribution >= 4 is 27.5 Å². The number of benzene rings is 2. The van der Waals surface area contributed by atoms with Crippen molar-refractivity contribution in [2.75, 3.05) is 26.7 Å². The summed E-state index contributed by atoms with van der Waals surface area (Å²) in [6.07, 6.45) is 0. The molecule has 1 N–H and O–H groups in total. The van der Waals surface area contributed by atoms with Crippen molar-refractivity contribution in [3.05, 3.63) is 59.1 Å². The van der Waals surface area contributed by atoms with Gasteiger partial charge in [0.2, 0.25) is 0 Å². The average molecular weight is 379 g/mol. The Morgan fingerprint density at radius 2 is 2.07 bits per heavy atom. The van der Waals surface area contributed by atoms with Crippen LogP contribution in [0.15, 0.2) is 48.0 Å². The molecule has 3 aromatic rings. The number of likely N-dealkylation sites (tertiary alicyclic amines) is 1. The predicted octanol–water partition coefficient (Wildman–Crippen LogP) is 3.34. The monoisotopic (exact) mass is 379 g/mol. The number of carbonyl (C=O) groups is 1. The zero-order valence-corrected chi connectivity index (χ0v) is 15.9. The smallest absolute Gasteiger partial charge is 0.254 e. The van der Waals surface area contributed by atoms with E-state index in [4.69, 9.17) is 4.74 Å². The number of carbonyl (C=O) groups excluding carboxylic acids is 1. The first-order chi connectivity index (χ1) is 13.2. The summed E-state index contributed by atoms with van der Waals surface area (Å²) in [5.41, 5.74) is 4.70. The van der Waals surface area contributed by atoms with Gasteiger partial charge in [0.25, 0.3) is 5.91 Å². The van der Waals surface area contributed by atoms with E-state index in [1.165, 1.54) is 5.56 Å². The van der Waals surface area contributed by atoms with Crippen molar-refractivity contribution in [2.45, 2.75) is 6.04 Å². The van der Waals surface area contributed by atoms with Crippen molar-refractivity contribution in [1.29, 1.82) is 0 Å². The van der Waals surface area contributed by atoms with E-state index in [-0.39, 0.29) is 11.9 Å². The molecule has 2 saturated heterocycles. The Balaban J connectivity index is 1.51. The van der Waals surface area contributed by atoms with Crippen LogP contribution in [0.25, 0.3) is 10.2 Å². The maximum atomic E-state index is 13.4. The van der Waals surface area contributed by atoms with Gasteiger partial charge in [0.05, 0.1) is 28.9 Å². The van der Waals surface area contributed by atoms with E-state index in [2.05, 4.69) is 27.3 Å². The number of fused-ring (bicyclic) bond motifs is 2. The Hall–Kier alpha value is -2.44. The lowest BCUT2D eigenvalue weighted by Gasteiger charge is -2.28. The number of hydrogen-bond donors (Lipinski definition) is 1. The Morgan fingerprint density at radius 3 is 2.89 bits per heavy atom. The van der Waals surface area contributed by atoms with Gasteiger partial charge in [-0.15, -0.1) is 11.3 Å². The zero-order valence-electron chi connectivity index (χ0n) is 15.1. The van der Waals surface area contributed by atoms with Gasteiger partial charge in [-0.1, -0.05) is 12.1 Å². The van der Waals surface area contributed by atoms with Crippen LogP contribution in [0.5, 0.6) is 5.75 Å². The summed E-state index contributed by atoms with van der Waals surface area (Å²) in [5, 5.41) is 3.50. The topological polar surface area (TPSA) is 54.5 Å². The molecule has 0 radical (unpaired) electrons. The second kappa shape index (κ2) is 6.62. The Kier molecular flexibility index (Phi) is 4.10. The number of aromatic nitrogens is 1. The lowest BCUT2D eigenvalue weighted by Crippen LogP contribution is -2.34. The number of nitrogens with zero attached hydrogens (tertiary/aromatic N) is 2. The normalized spacial score (nSPS) is 24.3. The predicted molar refractivity (Wildman–Crippen MR) is 106 cm³/mol. The van der Waals surface area contributed by atoms with E-state index in [1.54, 1.807) is 18.4 Å². The van der Waals surface area contributed by atoms with Gasteiger partial charge in [0.15, 0.2) is 0 Å². The fourth-order valence-electron chi connectivity index (χ4n) is 4.51. The van der Waals surface area contributed by atoms with E-state index in [0.29, 0.717) is 11.8 Å². The van der Waals surface area contributed by atoms with Crippen LogP contribution in [0.4, 0.5) is 0 Å². The number of thiazole rings is 1. The van der Waals surface area contributed by atoms with Gasteiger partial charge in [0.1, 0.15) is 5.75 Å². The number of hydrogen-bond acceptors (Lipinski definition) is 5. The van der Waals surface area contributed by atoms with Crippen LogP contribution in [0.1, 0.15) is 22.0 Å². The molecule has 2 aliphatic rings. The maximum Gasteiger partial charge on any atom is 0.254 e. The van der Waals surface area contributed by atoms with Crippen molar-refractivity contribution in [2.24, 2.45) is 11.8 Å². The molecule has 3 atom stereocenters. The number of rotatable bonds is 3. The highest BCUT2D eigenvalue weighted by Gasteiger charge is 2.46. The SMILES string of the molecule is COc1ccc([C@@H]2[C@H]3CNC[C@H]3CN2C(=O)c2ccc3ncsc3c2)cc1. The summed E-state index contributed by atoms with van der Waals surface area (Å²) in [6.45, 7) is 2.74. The van der Waals surface area contributed by atoms with E-state index in [1.807, 2.05) is 35.8 Å². The second-order valence-corrected chi connectivity index (χ2v) is 8.18. The molecule has 0 unspecified atom stereocenters. The molecule has 1 aromatic heterocycles. The molecule has 0 aliphatic carbocycles. The van der Waals surface area contributed by atoms with Gasteiger partial charge in [-0.05, 0) is 41.8 Å². The molecule has 27 heavy (non-hydrogen) atoms. The van der Waals surface area contributed by atoms with Crippen LogP contribution in [-0.4, -0.2) is 42.5 Å². The molecule has 2 aromatic carbocycles. The molecule has 0 bridgehead atoms. The minimum atomic E-state index is 0.0977. The van der Waals surface area contributed by atoms with Gasteiger partial charge < -0.3 is 15.0 Å². The third kappa shape index (κ3) is 2.80. The molecule has 2 aliphatic heterocycles. The Bertz CT molecular complexity index is 985. The quantitative estimate of drug-likeness (QED) is 0.758. The van der Waals surface area contributed by atoms with Gasteiger partial charge in [-0.25, -0.2) is 4.98 Å². The van der Waals surface area contributed by atoms with Crippen molar-refractivity contribution in [3.8, 4) is 5.75 Å². The molecule has 0 saturated carbocycles. The first kappa shape index (κ1) is 16.7. The molecular weight excluding hydrogens is 358 g/mol. The molecule has 1 amide bonds. The van der Waals surface area contributed by atoms with Crippen LogP contribution < -0.4 is 10.1 Å². The number of ether oxygens (including phenoxy) is 1. The highest BCUT2D eigenvalue weighted by molar-refractivity contribution is 7.16. The third-order valence-corrected chi connectivity index (χ3v) is 6.65. The number of amides is 1. The van der Waals surface area contributed by atoms with Gasteiger partial charge >= 0.3 is 0 Å². The third-order valence-electron chi connectivity index (χ3n) is 5.86. The van der Waals surface area contributed by atoms with Crippen LogP contribution in [0.3, 0.4) is 0 Å². The zero-order chi connectivity index (χ0) is 18.4. The van der Waals surface area contributed by atoms with Crippen LogP contribution in [0.2, 0.25) is 0 Å². The summed E-state index contributed by atoms with van der Waals surface area (Å²) in [7, 11) is 1.67. The minimum Gasteiger partial charge on any atom is -0.497 e. The van der Waals surface area contributed by atoms with Crippen molar-refractivity contribution in [3.63, 3.8) is 0 Å². The molecule has 6 heteroatoms. The number of methoxy groups -OCH3 is 1. The summed E-state index contributed by atoms with van der Waals surface area (Å²) in [4.78, 5) is 19.8. The van der Waals surface area contributed by atoms with Crippen LogP contribution in [0, 0.1) is 11.8 Å². The molecule has 3 heterocycles. The lowest BCUT2D eigenvalue weighted by atomic mass is 9.89. The van der Waals surface area contributed by atoms with E-state index in [0.717, 1.165) is 41.2 Å². The average Bonchev–Trinajstić information content (AvgIpc) is 3.42. The minimum absolute atomic E-state index is 0.0977. The lowest BCUT2D eigenvalue weighted by molar-refractivity contribution is 0.0714. The summed E-state index contributed by atoms with van der Waals surface area (Å²) < 4.78 is 6.36. The largest absolute Gasteiger partial charge is 0.497 e. The number of nitrogens with one attached hydrogen (secondary N) is 1. The highest BCUT2D eigenvalue weighted by atomic mass is 32.1. The molecule has 2 fully saturated rings. The molecule has 5 nitrogen and oxygen atoms in total. The first-order valence-corrected chi connectivity index (χ1v) is 10.1. The summed E-state index contributed by atoms with van der Waals surface area (Å²) >= 11 is 1.57. The van der Waals surface area contributed by atoms with Crippen LogP contribution in [-0.2, 0) is 0 Å². The molecular formula is C21H21N3O2S. The first-order valence-electron chi connectivity index (χ1n) is 9.23. The summed E-state index contributed by atoms with van der Waals surface area (Å²) in [6, 6.07) is 14.1. The van der Waals surface area contributed by atoms with E-state index in [9.17, 15) is 4.79 Å². The molecule has 0 spiro atoms. The Morgan fingerprint density at radius 1 is 1.22 bits per heavy atom. The Labute approximate surface area is 162 Å². The second-order valence-electron chi connectivity index (χ2n) is 7.29. The van der Waals surface area contributed by atoms with Gasteiger partial charge in [-0.2, -0.15) is 0 Å². The van der Waals surface area contributed by atoms with Crippen molar-refractivity contribution < 1.29 is 9.53 Å². The molecule has 5 rings (SSSR count). The standard InChI is InChI=1S/C21H21N3O2S/c1-26-16-5-2-13(3-6-16)20-17-10-22-9-15(17)11-24(20)21(25)14-4-7-18-19(8-14)27-12-23-18/h2-8,12,15,17,20,22H,9-11H2,1H3/t15-,17-,20+/m0/s1.